The van der Waals surface area contributed by atoms with E-state index >= 15 is 0 Å². The lowest BCUT2D eigenvalue weighted by Gasteiger charge is -2.45. The van der Waals surface area contributed by atoms with Gasteiger partial charge in [-0.15, -0.1) is 0 Å². The molecular formula is C29H25Cl2FN4O3S. The lowest BCUT2D eigenvalue weighted by atomic mass is 9.69. The van der Waals surface area contributed by atoms with Gasteiger partial charge in [0.2, 0.25) is 15.9 Å². The molecule has 1 atom stereocenters. The Kier molecular flexibility index (Phi) is 6.94. The summed E-state index contributed by atoms with van der Waals surface area (Å²) in [5.74, 6) is 0.149. The van der Waals surface area contributed by atoms with Gasteiger partial charge in [-0.05, 0) is 79.4 Å². The second-order valence-corrected chi connectivity index (χ2v) is 12.9. The lowest BCUT2D eigenvalue weighted by molar-refractivity contribution is 0.122. The van der Waals surface area contributed by atoms with Crippen molar-refractivity contribution in [2.45, 2.75) is 24.7 Å². The average molecular weight is 600 g/mol. The van der Waals surface area contributed by atoms with E-state index in [-0.39, 0.29) is 33.9 Å². The summed E-state index contributed by atoms with van der Waals surface area (Å²) in [6, 6.07) is 14.2. The average Bonchev–Trinajstić information content (AvgIpc) is 3.35. The minimum absolute atomic E-state index is 0.0891. The number of aryl methyl sites for hydroxylation is 1. The highest BCUT2D eigenvalue weighted by atomic mass is 35.5. The Morgan fingerprint density at radius 2 is 1.85 bits per heavy atom. The van der Waals surface area contributed by atoms with Crippen molar-refractivity contribution < 1.29 is 17.5 Å². The third kappa shape index (κ3) is 4.92. The largest absolute Gasteiger partial charge is 0.477 e. The van der Waals surface area contributed by atoms with Crippen LogP contribution < -0.4 is 4.74 Å². The van der Waals surface area contributed by atoms with E-state index < -0.39 is 15.4 Å². The van der Waals surface area contributed by atoms with E-state index in [1.807, 2.05) is 19.1 Å². The van der Waals surface area contributed by atoms with Gasteiger partial charge in [-0.3, -0.25) is 0 Å². The second kappa shape index (κ2) is 10.3. The van der Waals surface area contributed by atoms with Crippen molar-refractivity contribution in [3.8, 4) is 11.6 Å². The molecule has 206 valence electrons. The van der Waals surface area contributed by atoms with Crippen LogP contribution in [0, 0.1) is 18.2 Å². The third-order valence-electron chi connectivity index (χ3n) is 7.50. The van der Waals surface area contributed by atoms with Crippen LogP contribution in [0.5, 0.6) is 5.88 Å². The van der Waals surface area contributed by atoms with Crippen LogP contribution >= 0.6 is 23.2 Å². The van der Waals surface area contributed by atoms with Crippen molar-refractivity contribution in [2.75, 3.05) is 19.7 Å². The number of hydrogen-bond acceptors (Lipinski definition) is 5. The molecule has 3 heterocycles. The van der Waals surface area contributed by atoms with Crippen LogP contribution in [0.15, 0.2) is 77.5 Å². The Labute approximate surface area is 241 Å². The van der Waals surface area contributed by atoms with Gasteiger partial charge in [-0.2, -0.15) is 9.40 Å². The third-order valence-corrected chi connectivity index (χ3v) is 10.1. The second-order valence-electron chi connectivity index (χ2n) is 10.2. The fraction of sp³-hybridized carbons (Fsp3) is 0.241. The van der Waals surface area contributed by atoms with Gasteiger partial charge < -0.3 is 4.74 Å². The fourth-order valence-electron chi connectivity index (χ4n) is 5.36. The number of hydrogen-bond donors (Lipinski definition) is 0. The molecule has 6 rings (SSSR count). The molecule has 0 saturated carbocycles. The predicted molar refractivity (Wildman–Crippen MR) is 152 cm³/mol. The van der Waals surface area contributed by atoms with Crippen LogP contribution in [0.2, 0.25) is 10.0 Å². The minimum Gasteiger partial charge on any atom is -0.477 e. The van der Waals surface area contributed by atoms with E-state index in [2.05, 4.69) is 16.2 Å². The predicted octanol–water partition coefficient (Wildman–Crippen LogP) is 6.12. The number of nitrogens with zero attached hydrogens (tertiary/aromatic N) is 4. The minimum atomic E-state index is -3.86. The molecule has 1 saturated heterocycles. The normalized spacial score (nSPS) is 19.1. The van der Waals surface area contributed by atoms with Gasteiger partial charge in [-0.1, -0.05) is 34.8 Å². The highest BCUT2D eigenvalue weighted by molar-refractivity contribution is 7.89. The molecule has 0 unspecified atom stereocenters. The Morgan fingerprint density at radius 3 is 2.58 bits per heavy atom. The van der Waals surface area contributed by atoms with Crippen molar-refractivity contribution in [1.29, 1.82) is 0 Å². The summed E-state index contributed by atoms with van der Waals surface area (Å²) in [6.07, 6.45) is 6.60. The first-order valence-corrected chi connectivity index (χ1v) is 14.9. The number of piperidine rings is 1. The quantitative estimate of drug-likeness (QED) is 0.267. The molecule has 0 bridgehead atoms. The van der Waals surface area contributed by atoms with Crippen LogP contribution in [0.3, 0.4) is 0 Å². The summed E-state index contributed by atoms with van der Waals surface area (Å²) in [6.45, 7) is 2.67. The van der Waals surface area contributed by atoms with Crippen LogP contribution in [-0.4, -0.2) is 47.2 Å². The van der Waals surface area contributed by atoms with E-state index in [0.29, 0.717) is 25.3 Å². The number of fused-ring (bicyclic) bond motifs is 2. The van der Waals surface area contributed by atoms with E-state index in [1.54, 1.807) is 29.2 Å². The molecule has 4 aromatic rings. The number of pyridine rings is 1. The molecule has 0 spiro atoms. The van der Waals surface area contributed by atoms with Gasteiger partial charge >= 0.3 is 0 Å². The van der Waals surface area contributed by atoms with Crippen LogP contribution in [0.1, 0.15) is 23.2 Å². The van der Waals surface area contributed by atoms with E-state index in [0.717, 1.165) is 28.1 Å². The van der Waals surface area contributed by atoms with Crippen LogP contribution in [0.4, 0.5) is 4.39 Å². The van der Waals surface area contributed by atoms with Crippen molar-refractivity contribution in [2.24, 2.45) is 5.41 Å². The molecule has 2 aromatic heterocycles. The highest BCUT2D eigenvalue weighted by Gasteiger charge is 2.47. The molecule has 40 heavy (non-hydrogen) atoms. The van der Waals surface area contributed by atoms with Gasteiger partial charge in [-0.25, -0.2) is 22.5 Å². The summed E-state index contributed by atoms with van der Waals surface area (Å²) in [4.78, 5) is 4.47. The van der Waals surface area contributed by atoms with Crippen molar-refractivity contribution >= 4 is 39.3 Å². The first-order chi connectivity index (χ1) is 19.1. The van der Waals surface area contributed by atoms with Crippen molar-refractivity contribution in [1.82, 2.24) is 19.1 Å². The summed E-state index contributed by atoms with van der Waals surface area (Å²) in [5, 5.41) is 5.06. The topological polar surface area (TPSA) is 77.3 Å². The maximum atomic E-state index is 13.7. The molecule has 2 aliphatic rings. The molecule has 0 N–H and O–H groups in total. The number of rotatable bonds is 6. The lowest BCUT2D eigenvalue weighted by Crippen LogP contribution is -2.52. The summed E-state index contributed by atoms with van der Waals surface area (Å²) >= 11 is 12.2. The Morgan fingerprint density at radius 1 is 1.05 bits per heavy atom. The molecule has 1 aliphatic heterocycles. The van der Waals surface area contributed by atoms with Gasteiger partial charge in [0.1, 0.15) is 12.4 Å². The van der Waals surface area contributed by atoms with Crippen molar-refractivity contribution in [3.63, 3.8) is 0 Å². The molecular weight excluding hydrogens is 574 g/mol. The summed E-state index contributed by atoms with van der Waals surface area (Å²) < 4.78 is 50.5. The number of sulfonamides is 1. The first-order valence-electron chi connectivity index (χ1n) is 12.7. The van der Waals surface area contributed by atoms with Crippen LogP contribution in [0.25, 0.3) is 11.8 Å². The van der Waals surface area contributed by atoms with Gasteiger partial charge in [0, 0.05) is 30.8 Å². The zero-order valence-corrected chi connectivity index (χ0v) is 23.8. The Bertz CT molecular complexity index is 1720. The van der Waals surface area contributed by atoms with Gasteiger partial charge in [0.05, 0.1) is 32.5 Å². The van der Waals surface area contributed by atoms with E-state index in [1.165, 1.54) is 34.6 Å². The van der Waals surface area contributed by atoms with Gasteiger partial charge in [0.15, 0.2) is 0 Å². The smallest absolute Gasteiger partial charge is 0.243 e. The van der Waals surface area contributed by atoms with Gasteiger partial charge in [0.25, 0.3) is 0 Å². The molecule has 1 aliphatic carbocycles. The zero-order valence-electron chi connectivity index (χ0n) is 21.5. The number of benzene rings is 2. The van der Waals surface area contributed by atoms with Crippen molar-refractivity contribution in [3.05, 3.63) is 105 Å². The van der Waals surface area contributed by atoms with E-state index in [9.17, 15) is 12.8 Å². The molecule has 0 radical (unpaired) electrons. The monoisotopic (exact) mass is 598 g/mol. The molecule has 2 aromatic carbocycles. The Balaban J connectivity index is 1.37. The van der Waals surface area contributed by atoms with E-state index in [4.69, 9.17) is 27.9 Å². The highest BCUT2D eigenvalue weighted by Crippen LogP contribution is 2.46. The molecule has 7 nitrogen and oxygen atoms in total. The standard InChI is InChI=1S/C29H25Cl2FN4O3S/c1-19-2-9-28(33-15-19)39-18-29-14-20-16-34-36(23-5-3-22(32)4-6-23)27(20)12-21(29)10-11-35(17-29)40(37,38)24-7-8-25(30)26(31)13-24/h2-9,12-13,15-16H,10-11,14,17-18H2,1H3/t29-/m1/s1. The molecule has 11 heteroatoms. The molecule has 1 fully saturated rings. The summed E-state index contributed by atoms with van der Waals surface area (Å²) in [5.41, 5.74) is 4.01. The zero-order chi connectivity index (χ0) is 28.1. The number of ether oxygens (including phenoxy) is 1. The number of halogens is 3. The number of aromatic nitrogens is 3. The summed E-state index contributed by atoms with van der Waals surface area (Å²) in [7, 11) is -3.86. The maximum Gasteiger partial charge on any atom is 0.243 e. The SMILES string of the molecule is Cc1ccc(OC[C@]23Cc4cnn(-c5ccc(F)cc5)c4C=C2CCN(S(=O)(=O)c2ccc(Cl)c(Cl)c2)C3)nc1. The van der Waals surface area contributed by atoms with Crippen LogP contribution in [-0.2, 0) is 16.4 Å². The molecule has 0 amide bonds. The first kappa shape index (κ1) is 27.0. The fourth-order valence-corrected chi connectivity index (χ4v) is 7.27. The maximum absolute atomic E-state index is 13.7. The Hall–Kier alpha value is -3.24.